The number of fused-ring (bicyclic) bond motifs is 9. The van der Waals surface area contributed by atoms with Crippen molar-refractivity contribution >= 4 is 54.5 Å². The fourth-order valence-corrected chi connectivity index (χ4v) is 6.62. The number of furan rings is 1. The van der Waals surface area contributed by atoms with Crippen molar-refractivity contribution in [2.75, 3.05) is 0 Å². The number of rotatable bonds is 2. The van der Waals surface area contributed by atoms with Crippen molar-refractivity contribution in [2.45, 2.75) is 52.4 Å². The van der Waals surface area contributed by atoms with Gasteiger partial charge in [0.25, 0.3) is 0 Å². The third-order valence-electron chi connectivity index (χ3n) is 9.22. The van der Waals surface area contributed by atoms with Crippen molar-refractivity contribution in [2.24, 2.45) is 0 Å². The van der Waals surface area contributed by atoms with Gasteiger partial charge in [0.05, 0.1) is 22.9 Å². The molecule has 3 heteroatoms. The summed E-state index contributed by atoms with van der Waals surface area (Å²) in [5, 5.41) is 6.98. The van der Waals surface area contributed by atoms with Crippen molar-refractivity contribution in [3.63, 3.8) is 0 Å². The van der Waals surface area contributed by atoms with Gasteiger partial charge in [0.1, 0.15) is 11.2 Å². The van der Waals surface area contributed by atoms with Crippen LogP contribution in [-0.2, 0) is 10.8 Å². The Bertz CT molecular complexity index is 2450. The van der Waals surface area contributed by atoms with Gasteiger partial charge in [0.15, 0.2) is 0 Å². The van der Waals surface area contributed by atoms with E-state index in [1.54, 1.807) is 0 Å². The average Bonchev–Trinajstić information content (AvgIpc) is 3.42. The summed E-state index contributed by atoms with van der Waals surface area (Å²) in [7, 11) is 0. The lowest BCUT2D eigenvalue weighted by Crippen LogP contribution is -2.11. The van der Waals surface area contributed by atoms with Crippen molar-refractivity contribution in [1.82, 2.24) is 9.97 Å². The van der Waals surface area contributed by atoms with E-state index < -0.39 is 0 Å². The minimum absolute atomic E-state index is 0.0165. The number of hydrogen-bond donors (Lipinski definition) is 0. The summed E-state index contributed by atoms with van der Waals surface area (Å²) >= 11 is 0. The largest absolute Gasteiger partial charge is 0.455 e. The average molecular weight is 585 g/mol. The van der Waals surface area contributed by atoms with E-state index in [9.17, 15) is 0 Å². The first-order valence-corrected chi connectivity index (χ1v) is 15.7. The van der Waals surface area contributed by atoms with E-state index in [1.165, 1.54) is 21.9 Å². The molecule has 8 aromatic rings. The summed E-state index contributed by atoms with van der Waals surface area (Å²) in [5.74, 6) is 0. The summed E-state index contributed by atoms with van der Waals surface area (Å²) in [5.41, 5.74) is 10.4. The number of benzene rings is 6. The molecule has 0 atom stereocenters. The number of aromatic nitrogens is 2. The quantitative estimate of drug-likeness (QED) is 0.190. The molecule has 0 fully saturated rings. The lowest BCUT2D eigenvalue weighted by atomic mass is 9.83. The van der Waals surface area contributed by atoms with Gasteiger partial charge < -0.3 is 4.42 Å². The maximum absolute atomic E-state index is 6.37. The third-order valence-corrected chi connectivity index (χ3v) is 9.22. The molecule has 0 bridgehead atoms. The molecule has 6 aromatic carbocycles. The second-order valence-electron chi connectivity index (χ2n) is 14.3. The van der Waals surface area contributed by atoms with Gasteiger partial charge in [-0.15, -0.1) is 0 Å². The molecule has 0 aliphatic rings. The van der Waals surface area contributed by atoms with Gasteiger partial charge in [-0.3, -0.25) is 4.98 Å². The van der Waals surface area contributed by atoms with E-state index in [4.69, 9.17) is 14.4 Å². The SMILES string of the molecule is CC(C)(C)c1ccc2c3ccc(C(C)(C)C)cc3c3nc(-c4cccc(-c5cccc6c5oc5ccccc56)c4)cnc3c2c1. The van der Waals surface area contributed by atoms with Gasteiger partial charge in [-0.2, -0.15) is 0 Å². The van der Waals surface area contributed by atoms with Crippen molar-refractivity contribution in [1.29, 1.82) is 0 Å². The molecule has 220 valence electrons. The Morgan fingerprint density at radius 2 is 1.13 bits per heavy atom. The lowest BCUT2D eigenvalue weighted by Gasteiger charge is -2.22. The Labute approximate surface area is 263 Å². The molecule has 0 unspecified atom stereocenters. The molecule has 2 heterocycles. The second-order valence-corrected chi connectivity index (χ2v) is 14.3. The van der Waals surface area contributed by atoms with E-state index in [-0.39, 0.29) is 10.8 Å². The summed E-state index contributed by atoms with van der Waals surface area (Å²) in [6.07, 6.45) is 1.94. The first-order valence-electron chi connectivity index (χ1n) is 15.7. The number of hydrogen-bond acceptors (Lipinski definition) is 3. The Kier molecular flexibility index (Phi) is 5.96. The molecule has 8 rings (SSSR count). The van der Waals surface area contributed by atoms with E-state index in [2.05, 4.69) is 133 Å². The molecule has 2 aromatic heterocycles. The fourth-order valence-electron chi connectivity index (χ4n) is 6.62. The molecule has 0 aliphatic heterocycles. The molecule has 0 aliphatic carbocycles. The number of para-hydroxylation sites is 2. The predicted molar refractivity (Wildman–Crippen MR) is 190 cm³/mol. The smallest absolute Gasteiger partial charge is 0.143 e. The van der Waals surface area contributed by atoms with Gasteiger partial charge >= 0.3 is 0 Å². The Balaban J connectivity index is 1.36. The maximum atomic E-state index is 6.37. The van der Waals surface area contributed by atoms with E-state index in [1.807, 2.05) is 18.3 Å². The zero-order valence-corrected chi connectivity index (χ0v) is 26.7. The first-order chi connectivity index (χ1) is 21.6. The minimum atomic E-state index is 0.0165. The van der Waals surface area contributed by atoms with Crippen LogP contribution in [0.15, 0.2) is 114 Å². The molecule has 0 saturated heterocycles. The minimum Gasteiger partial charge on any atom is -0.455 e. The molecule has 0 saturated carbocycles. The van der Waals surface area contributed by atoms with Crippen LogP contribution in [0.25, 0.3) is 76.9 Å². The monoisotopic (exact) mass is 584 g/mol. The summed E-state index contributed by atoms with van der Waals surface area (Å²) in [6, 6.07) is 36.9. The molecule has 0 N–H and O–H groups in total. The van der Waals surface area contributed by atoms with Gasteiger partial charge in [0.2, 0.25) is 0 Å². The van der Waals surface area contributed by atoms with Crippen LogP contribution in [0.2, 0.25) is 0 Å². The zero-order valence-electron chi connectivity index (χ0n) is 26.7. The van der Waals surface area contributed by atoms with Crippen molar-refractivity contribution < 1.29 is 4.42 Å². The summed E-state index contributed by atoms with van der Waals surface area (Å²) < 4.78 is 6.37. The highest BCUT2D eigenvalue weighted by molar-refractivity contribution is 6.23. The highest BCUT2D eigenvalue weighted by Gasteiger charge is 2.20. The standard InChI is InChI=1S/C42H36N2O/c1-41(2,3)27-17-19-30-31-20-18-28(42(4,5)6)23-35(31)39-38(34(30)22-27)43-24-36(44-39)26-12-9-11-25(21-26)29-14-10-15-33-32-13-7-8-16-37(32)45-40(29)33/h7-24H,1-6H3. The molecule has 0 amide bonds. The van der Waals surface area contributed by atoms with E-state index >= 15 is 0 Å². The molecule has 3 nitrogen and oxygen atoms in total. The Morgan fingerprint density at radius 1 is 0.511 bits per heavy atom. The van der Waals surface area contributed by atoms with Crippen molar-refractivity contribution in [3.05, 3.63) is 120 Å². The fraction of sp³-hybridized carbons (Fsp3) is 0.190. The van der Waals surface area contributed by atoms with Crippen LogP contribution in [0, 0.1) is 0 Å². The van der Waals surface area contributed by atoms with Crippen LogP contribution in [0.4, 0.5) is 0 Å². The van der Waals surface area contributed by atoms with Crippen LogP contribution < -0.4 is 0 Å². The van der Waals surface area contributed by atoms with Crippen LogP contribution in [0.3, 0.4) is 0 Å². The second kappa shape index (κ2) is 9.74. The van der Waals surface area contributed by atoms with Gasteiger partial charge in [-0.1, -0.05) is 120 Å². The van der Waals surface area contributed by atoms with E-state index in [0.29, 0.717) is 0 Å². The van der Waals surface area contributed by atoms with E-state index in [0.717, 1.165) is 66.1 Å². The predicted octanol–water partition coefficient (Wildman–Crippen LogP) is 11.8. The maximum Gasteiger partial charge on any atom is 0.143 e. The van der Waals surface area contributed by atoms with Crippen LogP contribution in [0.5, 0.6) is 0 Å². The normalized spacial score (nSPS) is 12.7. The molecule has 0 spiro atoms. The molecular weight excluding hydrogens is 548 g/mol. The van der Waals surface area contributed by atoms with Crippen LogP contribution >= 0.6 is 0 Å². The van der Waals surface area contributed by atoms with Crippen molar-refractivity contribution in [3.8, 4) is 22.4 Å². The molecule has 0 radical (unpaired) electrons. The third kappa shape index (κ3) is 4.49. The highest BCUT2D eigenvalue weighted by atomic mass is 16.3. The molecular formula is C42H36N2O. The van der Waals surface area contributed by atoms with Gasteiger partial charge in [-0.25, -0.2) is 4.98 Å². The highest BCUT2D eigenvalue weighted by Crippen LogP contribution is 2.40. The summed E-state index contributed by atoms with van der Waals surface area (Å²) in [4.78, 5) is 10.5. The Morgan fingerprint density at radius 3 is 1.84 bits per heavy atom. The van der Waals surface area contributed by atoms with Crippen LogP contribution in [-0.4, -0.2) is 9.97 Å². The molecule has 45 heavy (non-hydrogen) atoms. The topological polar surface area (TPSA) is 38.9 Å². The number of nitrogens with zero attached hydrogens (tertiary/aromatic N) is 2. The van der Waals surface area contributed by atoms with Gasteiger partial charge in [-0.05, 0) is 62.6 Å². The Hall–Kier alpha value is -5.02. The lowest BCUT2D eigenvalue weighted by molar-refractivity contribution is 0.591. The van der Waals surface area contributed by atoms with Crippen LogP contribution in [0.1, 0.15) is 52.7 Å². The van der Waals surface area contributed by atoms with Gasteiger partial charge in [0, 0.05) is 32.7 Å². The zero-order chi connectivity index (χ0) is 31.1. The summed E-state index contributed by atoms with van der Waals surface area (Å²) in [6.45, 7) is 13.6. The first kappa shape index (κ1) is 27.5.